The van der Waals surface area contributed by atoms with Gasteiger partial charge in [0.15, 0.2) is 0 Å². The first-order chi connectivity index (χ1) is 15.8. The second kappa shape index (κ2) is 10.9. The third-order valence-corrected chi connectivity index (χ3v) is 5.06. The lowest BCUT2D eigenvalue weighted by atomic mass is 10.1. The molecule has 0 aliphatic rings. The molecule has 3 aromatic carbocycles. The Morgan fingerprint density at radius 2 is 1.52 bits per heavy atom. The van der Waals surface area contributed by atoms with Gasteiger partial charge in [-0.05, 0) is 41.8 Å². The molecule has 0 aliphatic carbocycles. The smallest absolute Gasteiger partial charge is 0.272 e. The van der Waals surface area contributed by atoms with Crippen LogP contribution in [0.5, 0.6) is 0 Å². The Balaban J connectivity index is 1.84. The van der Waals surface area contributed by atoms with Gasteiger partial charge >= 0.3 is 0 Å². The Labute approximate surface area is 193 Å². The van der Waals surface area contributed by atoms with Crippen LogP contribution in [0.4, 0.5) is 5.69 Å². The Bertz CT molecular complexity index is 1190. The van der Waals surface area contributed by atoms with Crippen molar-refractivity contribution in [3.63, 3.8) is 0 Å². The normalized spacial score (nSPS) is 10.9. The van der Waals surface area contributed by atoms with E-state index in [2.05, 4.69) is 10.6 Å². The van der Waals surface area contributed by atoms with Gasteiger partial charge in [0.05, 0.1) is 11.3 Å². The summed E-state index contributed by atoms with van der Waals surface area (Å²) in [4.78, 5) is 39.5. The molecule has 0 aliphatic heterocycles. The predicted octanol–water partition coefficient (Wildman–Crippen LogP) is 4.38. The minimum atomic E-state index is -0.514. The van der Waals surface area contributed by atoms with E-state index in [4.69, 9.17) is 0 Å². The average molecular weight is 442 g/mol. The minimum absolute atomic E-state index is 0.0942. The standard InChI is InChI=1S/C27H27N3O3/c1-19-11-7-8-14-22(19)17-25(28-20(2)31)26(32)29-24-16-10-9-15-23(24)27(33)30(3)18-21-12-5-4-6-13-21/h4-17H,18H2,1-3H3,(H,28,31)(H,29,32)/b25-17-. The molecule has 6 nitrogen and oxygen atoms in total. The molecule has 3 amide bonds. The number of hydrogen-bond donors (Lipinski definition) is 2. The fraction of sp³-hybridized carbons (Fsp3) is 0.148. The zero-order valence-corrected chi connectivity index (χ0v) is 19.0. The number of nitrogens with one attached hydrogen (secondary N) is 2. The van der Waals surface area contributed by atoms with E-state index in [1.165, 1.54) is 6.92 Å². The van der Waals surface area contributed by atoms with Crippen LogP contribution in [-0.4, -0.2) is 29.7 Å². The van der Waals surface area contributed by atoms with Crippen LogP contribution >= 0.6 is 0 Å². The quantitative estimate of drug-likeness (QED) is 0.534. The number of nitrogens with zero attached hydrogens (tertiary/aromatic N) is 1. The molecule has 0 radical (unpaired) electrons. The first kappa shape index (κ1) is 23.5. The van der Waals surface area contributed by atoms with E-state index in [-0.39, 0.29) is 17.5 Å². The summed E-state index contributed by atoms with van der Waals surface area (Å²) in [6.45, 7) is 3.70. The maximum Gasteiger partial charge on any atom is 0.272 e. The highest BCUT2D eigenvalue weighted by Gasteiger charge is 2.19. The van der Waals surface area contributed by atoms with Crippen molar-refractivity contribution in [1.82, 2.24) is 10.2 Å². The van der Waals surface area contributed by atoms with Gasteiger partial charge in [-0.3, -0.25) is 14.4 Å². The minimum Gasteiger partial charge on any atom is -0.337 e. The van der Waals surface area contributed by atoms with Gasteiger partial charge in [0.2, 0.25) is 5.91 Å². The Hall–Kier alpha value is -4.19. The van der Waals surface area contributed by atoms with E-state index in [0.717, 1.165) is 16.7 Å². The van der Waals surface area contributed by atoms with Gasteiger partial charge in [0, 0.05) is 20.5 Å². The van der Waals surface area contributed by atoms with E-state index in [9.17, 15) is 14.4 Å². The molecule has 3 rings (SSSR count). The summed E-state index contributed by atoms with van der Waals surface area (Å²) in [6.07, 6.45) is 1.62. The van der Waals surface area contributed by atoms with Gasteiger partial charge < -0.3 is 15.5 Å². The lowest BCUT2D eigenvalue weighted by Gasteiger charge is -2.20. The van der Waals surface area contributed by atoms with Crippen molar-refractivity contribution in [3.05, 3.63) is 107 Å². The van der Waals surface area contributed by atoms with Crippen LogP contribution in [0.1, 0.15) is 34.0 Å². The highest BCUT2D eigenvalue weighted by atomic mass is 16.2. The molecule has 0 spiro atoms. The van der Waals surface area contributed by atoms with Crippen LogP contribution in [-0.2, 0) is 16.1 Å². The predicted molar refractivity (Wildman–Crippen MR) is 130 cm³/mol. The van der Waals surface area contributed by atoms with Crippen molar-refractivity contribution in [2.24, 2.45) is 0 Å². The number of benzene rings is 3. The molecular weight excluding hydrogens is 414 g/mol. The molecule has 2 N–H and O–H groups in total. The zero-order chi connectivity index (χ0) is 23.8. The van der Waals surface area contributed by atoms with Crippen LogP contribution in [0.3, 0.4) is 0 Å². The molecule has 0 aromatic heterocycles. The van der Waals surface area contributed by atoms with Gasteiger partial charge in [-0.25, -0.2) is 0 Å². The molecule has 3 aromatic rings. The Kier molecular flexibility index (Phi) is 7.76. The van der Waals surface area contributed by atoms with Crippen molar-refractivity contribution < 1.29 is 14.4 Å². The topological polar surface area (TPSA) is 78.5 Å². The number of para-hydroxylation sites is 1. The largest absolute Gasteiger partial charge is 0.337 e. The molecule has 0 heterocycles. The fourth-order valence-electron chi connectivity index (χ4n) is 3.36. The number of carbonyl (C=O) groups is 3. The molecule has 0 saturated carbocycles. The van der Waals surface area contributed by atoms with Gasteiger partial charge in [0.25, 0.3) is 11.8 Å². The lowest BCUT2D eigenvalue weighted by molar-refractivity contribution is -0.120. The van der Waals surface area contributed by atoms with Crippen molar-refractivity contribution in [3.8, 4) is 0 Å². The maximum atomic E-state index is 13.1. The number of amides is 3. The first-order valence-corrected chi connectivity index (χ1v) is 10.6. The monoisotopic (exact) mass is 441 g/mol. The third kappa shape index (κ3) is 6.40. The summed E-state index contributed by atoms with van der Waals surface area (Å²) in [6, 6.07) is 24.0. The summed E-state index contributed by atoms with van der Waals surface area (Å²) in [5.74, 6) is -1.10. The Morgan fingerprint density at radius 3 is 2.21 bits per heavy atom. The summed E-state index contributed by atoms with van der Waals surface area (Å²) >= 11 is 0. The van der Waals surface area contributed by atoms with Crippen LogP contribution in [0, 0.1) is 6.92 Å². The molecule has 0 bridgehead atoms. The number of carbonyl (C=O) groups excluding carboxylic acids is 3. The third-order valence-electron chi connectivity index (χ3n) is 5.06. The highest BCUT2D eigenvalue weighted by molar-refractivity contribution is 6.11. The summed E-state index contributed by atoms with van der Waals surface area (Å²) in [5, 5.41) is 5.38. The first-order valence-electron chi connectivity index (χ1n) is 10.6. The molecule has 0 atom stereocenters. The molecular formula is C27H27N3O3. The summed E-state index contributed by atoms with van der Waals surface area (Å²) in [7, 11) is 1.72. The fourth-order valence-corrected chi connectivity index (χ4v) is 3.36. The van der Waals surface area contributed by atoms with Gasteiger partial charge in [-0.1, -0.05) is 66.7 Å². The van der Waals surface area contributed by atoms with Crippen molar-refractivity contribution in [2.75, 3.05) is 12.4 Å². The number of rotatable bonds is 7. The van der Waals surface area contributed by atoms with Gasteiger partial charge in [-0.2, -0.15) is 0 Å². The molecule has 0 unspecified atom stereocenters. The second-order valence-electron chi connectivity index (χ2n) is 7.74. The SMILES string of the molecule is CC(=O)N/C(=C\c1ccccc1C)C(=O)Nc1ccccc1C(=O)N(C)Cc1ccccc1. The number of aryl methyl sites for hydroxylation is 1. The zero-order valence-electron chi connectivity index (χ0n) is 19.0. The van der Waals surface area contributed by atoms with Crippen LogP contribution < -0.4 is 10.6 Å². The highest BCUT2D eigenvalue weighted by Crippen LogP contribution is 2.19. The molecule has 168 valence electrons. The van der Waals surface area contributed by atoms with E-state index in [1.54, 1.807) is 42.3 Å². The van der Waals surface area contributed by atoms with Crippen LogP contribution in [0.25, 0.3) is 6.08 Å². The molecule has 0 saturated heterocycles. The van der Waals surface area contributed by atoms with Gasteiger partial charge in [0.1, 0.15) is 5.70 Å². The van der Waals surface area contributed by atoms with E-state index in [1.807, 2.05) is 61.5 Å². The Morgan fingerprint density at radius 1 is 0.879 bits per heavy atom. The van der Waals surface area contributed by atoms with Crippen LogP contribution in [0.15, 0.2) is 84.6 Å². The van der Waals surface area contributed by atoms with Gasteiger partial charge in [-0.15, -0.1) is 0 Å². The molecule has 0 fully saturated rings. The summed E-state index contributed by atoms with van der Waals surface area (Å²) in [5.41, 5.74) is 3.60. The van der Waals surface area contributed by atoms with Crippen molar-refractivity contribution in [2.45, 2.75) is 20.4 Å². The second-order valence-corrected chi connectivity index (χ2v) is 7.74. The van der Waals surface area contributed by atoms with E-state index >= 15 is 0 Å². The maximum absolute atomic E-state index is 13.1. The number of anilines is 1. The average Bonchev–Trinajstić information content (AvgIpc) is 2.80. The number of hydrogen-bond acceptors (Lipinski definition) is 3. The molecule has 6 heteroatoms. The van der Waals surface area contributed by atoms with E-state index < -0.39 is 5.91 Å². The lowest BCUT2D eigenvalue weighted by Crippen LogP contribution is -2.31. The molecule has 33 heavy (non-hydrogen) atoms. The van der Waals surface area contributed by atoms with Crippen molar-refractivity contribution in [1.29, 1.82) is 0 Å². The van der Waals surface area contributed by atoms with Crippen molar-refractivity contribution >= 4 is 29.5 Å². The summed E-state index contributed by atoms with van der Waals surface area (Å²) < 4.78 is 0. The van der Waals surface area contributed by atoms with E-state index in [0.29, 0.717) is 17.8 Å². The van der Waals surface area contributed by atoms with Crippen LogP contribution in [0.2, 0.25) is 0 Å².